The molecule has 8 nitrogen and oxygen atoms in total. The third-order valence-corrected chi connectivity index (χ3v) is 6.47. The Labute approximate surface area is 219 Å². The highest BCUT2D eigenvalue weighted by molar-refractivity contribution is 5.94. The van der Waals surface area contributed by atoms with Gasteiger partial charge in [0.05, 0.1) is 49.7 Å². The third-order valence-electron chi connectivity index (χ3n) is 6.47. The molecule has 0 saturated heterocycles. The molecule has 0 radical (unpaired) electrons. The van der Waals surface area contributed by atoms with E-state index in [9.17, 15) is 9.59 Å². The highest BCUT2D eigenvalue weighted by Gasteiger charge is 2.29. The van der Waals surface area contributed by atoms with E-state index in [1.807, 2.05) is 31.2 Å². The molecule has 2 aromatic heterocycles. The molecular weight excluding hydrogens is 482 g/mol. The SMILES string of the molecule is COc1ccc(C(=O)N(Cc2ccco2)C(C)c2nc3ccccc3c(=O)n2-c2ccccc2OC)cc1. The molecule has 1 unspecified atom stereocenters. The number of benzene rings is 3. The lowest BCUT2D eigenvalue weighted by Crippen LogP contribution is -2.37. The molecule has 0 fully saturated rings. The molecule has 2 heterocycles. The lowest BCUT2D eigenvalue weighted by atomic mass is 10.1. The van der Waals surface area contributed by atoms with Gasteiger partial charge >= 0.3 is 0 Å². The number of aromatic nitrogens is 2. The minimum Gasteiger partial charge on any atom is -0.497 e. The predicted molar refractivity (Wildman–Crippen MR) is 144 cm³/mol. The molecule has 0 aliphatic carbocycles. The van der Waals surface area contributed by atoms with Crippen LogP contribution in [0.3, 0.4) is 0 Å². The van der Waals surface area contributed by atoms with Crippen LogP contribution in [0.1, 0.15) is 34.9 Å². The van der Waals surface area contributed by atoms with Crippen LogP contribution in [-0.2, 0) is 6.54 Å². The number of furan rings is 1. The van der Waals surface area contributed by atoms with Crippen molar-refractivity contribution in [3.05, 3.63) is 119 Å². The number of ether oxygens (including phenoxy) is 2. The second-order valence-electron chi connectivity index (χ2n) is 8.72. The minimum absolute atomic E-state index is 0.174. The average molecular weight is 510 g/mol. The second kappa shape index (κ2) is 10.6. The zero-order valence-corrected chi connectivity index (χ0v) is 21.3. The number of carbonyl (C=O) groups excluding carboxylic acids is 1. The summed E-state index contributed by atoms with van der Waals surface area (Å²) in [5, 5.41) is 0.466. The van der Waals surface area contributed by atoms with E-state index in [0.29, 0.717) is 45.2 Å². The number of rotatable bonds is 8. The summed E-state index contributed by atoms with van der Waals surface area (Å²) in [6.45, 7) is 2.03. The first kappa shape index (κ1) is 24.8. The van der Waals surface area contributed by atoms with E-state index in [0.717, 1.165) is 0 Å². The first-order valence-electron chi connectivity index (χ1n) is 12.1. The van der Waals surface area contributed by atoms with E-state index in [-0.39, 0.29) is 18.0 Å². The second-order valence-corrected chi connectivity index (χ2v) is 8.72. The molecule has 0 spiro atoms. The number of hydrogen-bond donors (Lipinski definition) is 0. The smallest absolute Gasteiger partial charge is 0.266 e. The Morgan fingerprint density at radius 3 is 2.39 bits per heavy atom. The number of fused-ring (bicyclic) bond motifs is 1. The van der Waals surface area contributed by atoms with Crippen LogP contribution in [-0.4, -0.2) is 34.6 Å². The van der Waals surface area contributed by atoms with Crippen LogP contribution >= 0.6 is 0 Å². The number of nitrogens with zero attached hydrogens (tertiary/aromatic N) is 3. The van der Waals surface area contributed by atoms with Gasteiger partial charge in [-0.3, -0.25) is 14.2 Å². The van der Waals surface area contributed by atoms with Crippen LogP contribution in [0.5, 0.6) is 11.5 Å². The van der Waals surface area contributed by atoms with Crippen LogP contribution in [0.25, 0.3) is 16.6 Å². The van der Waals surface area contributed by atoms with Gasteiger partial charge in [-0.05, 0) is 67.6 Å². The number of methoxy groups -OCH3 is 2. The molecule has 0 aliphatic rings. The molecule has 5 rings (SSSR count). The fourth-order valence-electron chi connectivity index (χ4n) is 4.47. The summed E-state index contributed by atoms with van der Waals surface area (Å²) in [7, 11) is 3.13. The van der Waals surface area contributed by atoms with Crippen LogP contribution in [0.15, 0.2) is 100 Å². The van der Waals surface area contributed by atoms with Crippen molar-refractivity contribution >= 4 is 16.8 Å². The predicted octanol–water partition coefficient (Wildman–Crippen LogP) is 5.40. The summed E-state index contributed by atoms with van der Waals surface area (Å²) < 4.78 is 18.0. The lowest BCUT2D eigenvalue weighted by Gasteiger charge is -2.30. The Hall–Kier alpha value is -4.85. The van der Waals surface area contributed by atoms with Gasteiger partial charge in [-0.15, -0.1) is 0 Å². The first-order valence-corrected chi connectivity index (χ1v) is 12.1. The van der Waals surface area contributed by atoms with Gasteiger partial charge in [-0.2, -0.15) is 0 Å². The van der Waals surface area contributed by atoms with Crippen molar-refractivity contribution in [2.45, 2.75) is 19.5 Å². The number of carbonyl (C=O) groups is 1. The van der Waals surface area contributed by atoms with Crippen molar-refractivity contribution in [3.8, 4) is 17.2 Å². The summed E-state index contributed by atoms with van der Waals surface area (Å²) in [6, 6.07) is 24.3. The van der Waals surface area contributed by atoms with E-state index in [1.165, 1.54) is 4.57 Å². The summed E-state index contributed by atoms with van der Waals surface area (Å²) in [5.41, 5.74) is 1.29. The Balaban J connectivity index is 1.70. The van der Waals surface area contributed by atoms with E-state index in [2.05, 4.69) is 0 Å². The summed E-state index contributed by atoms with van der Waals surface area (Å²) in [6.07, 6.45) is 1.56. The normalized spacial score (nSPS) is 11.8. The molecule has 0 saturated carbocycles. The maximum atomic E-state index is 13.9. The molecule has 5 aromatic rings. The van der Waals surface area contributed by atoms with Gasteiger partial charge in [-0.25, -0.2) is 4.98 Å². The molecule has 0 bridgehead atoms. The van der Waals surface area contributed by atoms with Crippen LogP contribution < -0.4 is 15.0 Å². The zero-order chi connectivity index (χ0) is 26.6. The molecule has 1 atom stereocenters. The fraction of sp³-hybridized carbons (Fsp3) is 0.167. The van der Waals surface area contributed by atoms with Gasteiger partial charge in [0.25, 0.3) is 11.5 Å². The minimum atomic E-state index is -0.628. The lowest BCUT2D eigenvalue weighted by molar-refractivity contribution is 0.0648. The molecule has 1 amide bonds. The molecule has 0 N–H and O–H groups in total. The van der Waals surface area contributed by atoms with Crippen molar-refractivity contribution in [1.29, 1.82) is 0 Å². The van der Waals surface area contributed by atoms with E-state index in [4.69, 9.17) is 18.9 Å². The van der Waals surface area contributed by atoms with Gasteiger partial charge in [0.1, 0.15) is 23.1 Å². The van der Waals surface area contributed by atoms with Crippen molar-refractivity contribution in [2.75, 3.05) is 14.2 Å². The first-order chi connectivity index (χ1) is 18.5. The van der Waals surface area contributed by atoms with Crippen molar-refractivity contribution in [1.82, 2.24) is 14.5 Å². The van der Waals surface area contributed by atoms with Gasteiger partial charge in [0.15, 0.2) is 0 Å². The number of para-hydroxylation sites is 3. The molecule has 3 aromatic carbocycles. The van der Waals surface area contributed by atoms with Crippen molar-refractivity contribution in [2.24, 2.45) is 0 Å². The van der Waals surface area contributed by atoms with Crippen LogP contribution in [0, 0.1) is 0 Å². The third kappa shape index (κ3) is 4.64. The van der Waals surface area contributed by atoms with E-state index < -0.39 is 6.04 Å². The van der Waals surface area contributed by atoms with Crippen LogP contribution in [0.2, 0.25) is 0 Å². The Bertz CT molecular complexity index is 1620. The van der Waals surface area contributed by atoms with Gasteiger partial charge < -0.3 is 18.8 Å². The van der Waals surface area contributed by atoms with Gasteiger partial charge in [-0.1, -0.05) is 24.3 Å². The van der Waals surface area contributed by atoms with Gasteiger partial charge in [0.2, 0.25) is 0 Å². The highest BCUT2D eigenvalue weighted by atomic mass is 16.5. The van der Waals surface area contributed by atoms with Crippen molar-refractivity contribution < 1.29 is 18.7 Å². The topological polar surface area (TPSA) is 86.8 Å². The van der Waals surface area contributed by atoms with Gasteiger partial charge in [0, 0.05) is 5.56 Å². The average Bonchev–Trinajstić information content (AvgIpc) is 3.48. The maximum absolute atomic E-state index is 13.9. The monoisotopic (exact) mass is 509 g/mol. The Morgan fingerprint density at radius 2 is 1.68 bits per heavy atom. The Morgan fingerprint density at radius 1 is 0.947 bits per heavy atom. The standard InChI is InChI=1S/C30H27N3O5/c1-20(32(19-23-9-8-18-38-23)29(34)21-14-16-22(36-2)17-15-21)28-31-25-11-5-4-10-24(25)30(35)33(28)26-12-6-7-13-27(26)37-3/h4-18,20H,19H2,1-3H3. The molecule has 192 valence electrons. The maximum Gasteiger partial charge on any atom is 0.266 e. The Kier molecular flexibility index (Phi) is 6.95. The summed E-state index contributed by atoms with van der Waals surface area (Å²) >= 11 is 0. The summed E-state index contributed by atoms with van der Waals surface area (Å²) in [5.74, 6) is 1.91. The molecule has 8 heteroatoms. The highest BCUT2D eigenvalue weighted by Crippen LogP contribution is 2.29. The van der Waals surface area contributed by atoms with Crippen LogP contribution in [0.4, 0.5) is 0 Å². The number of hydrogen-bond acceptors (Lipinski definition) is 6. The van der Waals surface area contributed by atoms with Crippen molar-refractivity contribution in [3.63, 3.8) is 0 Å². The largest absolute Gasteiger partial charge is 0.497 e. The molecular formula is C30H27N3O5. The number of amides is 1. The zero-order valence-electron chi connectivity index (χ0n) is 21.3. The fourth-order valence-corrected chi connectivity index (χ4v) is 4.47. The molecule has 0 aliphatic heterocycles. The van der Waals surface area contributed by atoms with E-state index in [1.54, 1.807) is 86.0 Å². The summed E-state index contributed by atoms with van der Waals surface area (Å²) in [4.78, 5) is 34.4. The molecule has 38 heavy (non-hydrogen) atoms. The van der Waals surface area contributed by atoms with E-state index >= 15 is 0 Å². The quantitative estimate of drug-likeness (QED) is 0.278.